The van der Waals surface area contributed by atoms with Gasteiger partial charge in [0.2, 0.25) is 0 Å². The molecular formula is C17H19N4+. The van der Waals surface area contributed by atoms with Gasteiger partial charge in [-0.2, -0.15) is 4.68 Å². The lowest BCUT2D eigenvalue weighted by Crippen LogP contribution is -2.38. The molecule has 0 saturated carbocycles. The third-order valence-electron chi connectivity index (χ3n) is 3.73. The van der Waals surface area contributed by atoms with Gasteiger partial charge in [-0.25, -0.2) is 9.97 Å². The zero-order valence-corrected chi connectivity index (χ0v) is 12.6. The maximum absolute atomic E-state index is 4.31. The summed E-state index contributed by atoms with van der Waals surface area (Å²) in [5.41, 5.74) is 4.76. The Bertz CT molecular complexity index is 760. The predicted molar refractivity (Wildman–Crippen MR) is 82.5 cm³/mol. The van der Waals surface area contributed by atoms with Crippen LogP contribution in [-0.4, -0.2) is 14.6 Å². The molecule has 0 aliphatic rings. The van der Waals surface area contributed by atoms with Crippen molar-refractivity contribution in [1.82, 2.24) is 14.6 Å². The van der Waals surface area contributed by atoms with E-state index >= 15 is 0 Å². The number of hydrogen-bond donors (Lipinski definition) is 0. The fraction of sp³-hybridized carbons (Fsp3) is 0.235. The maximum Gasteiger partial charge on any atom is 0.196 e. The van der Waals surface area contributed by atoms with Gasteiger partial charge in [0.1, 0.15) is 5.69 Å². The second kappa shape index (κ2) is 5.48. The maximum atomic E-state index is 4.31. The van der Waals surface area contributed by atoms with Crippen molar-refractivity contribution in [1.29, 1.82) is 0 Å². The largest absolute Gasteiger partial charge is 0.237 e. The summed E-state index contributed by atoms with van der Waals surface area (Å²) in [6, 6.07) is 10.4. The molecule has 3 aromatic rings. The molecule has 106 valence electrons. The van der Waals surface area contributed by atoms with Crippen molar-refractivity contribution in [2.75, 3.05) is 0 Å². The molecule has 0 unspecified atom stereocenters. The molecule has 2 aromatic heterocycles. The topological polar surface area (TPSA) is 34.6 Å². The summed E-state index contributed by atoms with van der Waals surface area (Å²) >= 11 is 0. The number of aromatic nitrogens is 4. The fourth-order valence-corrected chi connectivity index (χ4v) is 2.68. The van der Waals surface area contributed by atoms with Crippen LogP contribution in [0.1, 0.15) is 12.5 Å². The van der Waals surface area contributed by atoms with Gasteiger partial charge in [0.15, 0.2) is 19.1 Å². The average Bonchev–Trinajstić information content (AvgIpc) is 2.88. The Kier molecular flexibility index (Phi) is 3.52. The first-order chi connectivity index (χ1) is 10.2. The van der Waals surface area contributed by atoms with Crippen LogP contribution in [0, 0.1) is 6.92 Å². The summed E-state index contributed by atoms with van der Waals surface area (Å²) in [4.78, 5) is 8.62. The van der Waals surface area contributed by atoms with E-state index in [1.165, 1.54) is 16.8 Å². The van der Waals surface area contributed by atoms with E-state index in [-0.39, 0.29) is 0 Å². The van der Waals surface area contributed by atoms with Crippen molar-refractivity contribution in [2.45, 2.75) is 20.4 Å². The third kappa shape index (κ3) is 2.44. The van der Waals surface area contributed by atoms with Crippen molar-refractivity contribution < 1.29 is 4.68 Å². The van der Waals surface area contributed by atoms with E-state index in [9.17, 15) is 0 Å². The SMILES string of the molecule is CCn1c(-c2ccc(-c3ncccn3)cc2C)cc[n+]1C. The minimum atomic E-state index is 0.767. The molecule has 1 aromatic carbocycles. The third-order valence-corrected chi connectivity index (χ3v) is 3.73. The Hall–Kier alpha value is -2.49. The highest BCUT2D eigenvalue weighted by atomic mass is 15.4. The highest BCUT2D eigenvalue weighted by molar-refractivity contribution is 5.68. The van der Waals surface area contributed by atoms with Gasteiger partial charge in [0, 0.05) is 29.6 Å². The number of rotatable bonds is 3. The molecule has 0 radical (unpaired) electrons. The highest BCUT2D eigenvalue weighted by Crippen LogP contribution is 2.26. The Balaban J connectivity index is 2.06. The molecule has 0 atom stereocenters. The first kappa shape index (κ1) is 13.5. The number of hydrogen-bond acceptors (Lipinski definition) is 2. The smallest absolute Gasteiger partial charge is 0.196 e. The van der Waals surface area contributed by atoms with Crippen LogP contribution >= 0.6 is 0 Å². The monoisotopic (exact) mass is 279 g/mol. The number of aryl methyl sites for hydroxylation is 2. The van der Waals surface area contributed by atoms with E-state index in [2.05, 4.69) is 70.7 Å². The van der Waals surface area contributed by atoms with Gasteiger partial charge < -0.3 is 0 Å². The fourth-order valence-electron chi connectivity index (χ4n) is 2.68. The summed E-state index contributed by atoms with van der Waals surface area (Å²) in [6.07, 6.45) is 5.63. The molecule has 2 heterocycles. The summed E-state index contributed by atoms with van der Waals surface area (Å²) in [7, 11) is 2.06. The first-order valence-electron chi connectivity index (χ1n) is 7.14. The van der Waals surface area contributed by atoms with E-state index in [1.54, 1.807) is 12.4 Å². The van der Waals surface area contributed by atoms with E-state index < -0.39 is 0 Å². The Morgan fingerprint density at radius 1 is 1.14 bits per heavy atom. The summed E-state index contributed by atoms with van der Waals surface area (Å²) in [6.45, 7) is 5.24. The van der Waals surface area contributed by atoms with Crippen molar-refractivity contribution in [2.24, 2.45) is 7.05 Å². The molecule has 4 nitrogen and oxygen atoms in total. The molecule has 0 bridgehead atoms. The Morgan fingerprint density at radius 3 is 2.57 bits per heavy atom. The van der Waals surface area contributed by atoms with E-state index in [1.807, 2.05) is 6.07 Å². The standard InChI is InChI=1S/C17H19N4/c1-4-21-16(8-11-20(21)3)15-7-6-14(12-13(15)2)17-18-9-5-10-19-17/h5-12H,4H2,1-3H3/q+1. The molecule has 3 rings (SSSR count). The van der Waals surface area contributed by atoms with Crippen LogP contribution in [0.25, 0.3) is 22.6 Å². The van der Waals surface area contributed by atoms with Gasteiger partial charge in [-0.15, -0.1) is 4.68 Å². The molecule has 0 aliphatic heterocycles. The predicted octanol–water partition coefficient (Wildman–Crippen LogP) is 2.76. The zero-order chi connectivity index (χ0) is 14.8. The van der Waals surface area contributed by atoms with Crippen LogP contribution in [0.5, 0.6) is 0 Å². The van der Waals surface area contributed by atoms with Gasteiger partial charge >= 0.3 is 0 Å². The van der Waals surface area contributed by atoms with Crippen LogP contribution in [-0.2, 0) is 13.6 Å². The van der Waals surface area contributed by atoms with Gasteiger partial charge in [0.05, 0.1) is 6.54 Å². The first-order valence-corrected chi connectivity index (χ1v) is 7.14. The summed E-state index contributed by atoms with van der Waals surface area (Å²) < 4.78 is 4.37. The minimum absolute atomic E-state index is 0.767. The molecular weight excluding hydrogens is 260 g/mol. The van der Waals surface area contributed by atoms with Crippen LogP contribution in [0.15, 0.2) is 48.9 Å². The van der Waals surface area contributed by atoms with E-state index in [4.69, 9.17) is 0 Å². The Labute approximate surface area is 124 Å². The van der Waals surface area contributed by atoms with Crippen molar-refractivity contribution in [3.63, 3.8) is 0 Å². The van der Waals surface area contributed by atoms with Crippen molar-refractivity contribution in [3.8, 4) is 22.6 Å². The number of benzene rings is 1. The molecule has 0 spiro atoms. The van der Waals surface area contributed by atoms with Crippen molar-refractivity contribution in [3.05, 3.63) is 54.5 Å². The second-order valence-electron chi connectivity index (χ2n) is 5.09. The average molecular weight is 279 g/mol. The van der Waals surface area contributed by atoms with Gasteiger partial charge in [0.25, 0.3) is 0 Å². The Morgan fingerprint density at radius 2 is 1.90 bits per heavy atom. The molecule has 21 heavy (non-hydrogen) atoms. The molecule has 0 aliphatic carbocycles. The normalized spacial score (nSPS) is 10.8. The van der Waals surface area contributed by atoms with Crippen LogP contribution in [0.4, 0.5) is 0 Å². The molecule has 0 N–H and O–H groups in total. The molecule has 0 saturated heterocycles. The van der Waals surface area contributed by atoms with E-state index in [0.717, 1.165) is 17.9 Å². The van der Waals surface area contributed by atoms with Gasteiger partial charge in [-0.1, -0.05) is 12.1 Å². The lowest BCUT2D eigenvalue weighted by Gasteiger charge is -2.08. The zero-order valence-electron chi connectivity index (χ0n) is 12.6. The quantitative estimate of drug-likeness (QED) is 0.691. The minimum Gasteiger partial charge on any atom is -0.237 e. The molecule has 4 heteroatoms. The summed E-state index contributed by atoms with van der Waals surface area (Å²) in [5.74, 6) is 0.767. The molecule has 0 amide bonds. The molecule has 0 fully saturated rings. The highest BCUT2D eigenvalue weighted by Gasteiger charge is 2.14. The van der Waals surface area contributed by atoms with Crippen LogP contribution < -0.4 is 4.68 Å². The number of nitrogens with zero attached hydrogens (tertiary/aromatic N) is 4. The lowest BCUT2D eigenvalue weighted by atomic mass is 10.0. The lowest BCUT2D eigenvalue weighted by molar-refractivity contribution is -0.752. The summed E-state index contributed by atoms with van der Waals surface area (Å²) in [5, 5.41) is 0. The van der Waals surface area contributed by atoms with Gasteiger partial charge in [-0.3, -0.25) is 0 Å². The van der Waals surface area contributed by atoms with E-state index in [0.29, 0.717) is 0 Å². The van der Waals surface area contributed by atoms with Crippen molar-refractivity contribution >= 4 is 0 Å². The van der Waals surface area contributed by atoms with Gasteiger partial charge in [-0.05, 0) is 31.5 Å². The van der Waals surface area contributed by atoms with Crippen LogP contribution in [0.3, 0.4) is 0 Å². The van der Waals surface area contributed by atoms with Crippen LogP contribution in [0.2, 0.25) is 0 Å². The second-order valence-corrected chi connectivity index (χ2v) is 5.09.